The first kappa shape index (κ1) is 18.7. The third-order valence-electron chi connectivity index (χ3n) is 6.36. The van der Waals surface area contributed by atoms with Crippen LogP contribution >= 0.6 is 0 Å². The van der Waals surface area contributed by atoms with E-state index in [1.54, 1.807) is 0 Å². The zero-order valence-electron chi connectivity index (χ0n) is 16.9. The number of nitrogens with one attached hydrogen (secondary N) is 1. The van der Waals surface area contributed by atoms with Gasteiger partial charge in [-0.05, 0) is 38.5 Å². The number of nitrogens with zero attached hydrogens (tertiary/aromatic N) is 4. The Hall–Kier alpha value is -1.69. The molecule has 1 aromatic heterocycles. The topological polar surface area (TPSA) is 61.4 Å². The van der Waals surface area contributed by atoms with Crippen LogP contribution in [0.25, 0.3) is 0 Å². The van der Waals surface area contributed by atoms with Gasteiger partial charge in [-0.25, -0.2) is 9.97 Å². The summed E-state index contributed by atoms with van der Waals surface area (Å²) in [6.45, 7) is 9.61. The molecule has 3 aliphatic rings. The Morgan fingerprint density at radius 2 is 1.81 bits per heavy atom. The number of amides is 1. The molecule has 3 fully saturated rings. The molecule has 0 aromatic carbocycles. The number of aromatic nitrogens is 2. The summed E-state index contributed by atoms with van der Waals surface area (Å²) < 4.78 is 0. The molecule has 2 bridgehead atoms. The van der Waals surface area contributed by atoms with Gasteiger partial charge in [0.25, 0.3) is 0 Å². The van der Waals surface area contributed by atoms with Crippen molar-refractivity contribution in [2.24, 2.45) is 5.92 Å². The van der Waals surface area contributed by atoms with Crippen molar-refractivity contribution in [3.63, 3.8) is 0 Å². The van der Waals surface area contributed by atoms with Crippen LogP contribution in [0.1, 0.15) is 63.4 Å². The third kappa shape index (κ3) is 4.26. The lowest BCUT2D eigenvalue weighted by Gasteiger charge is -2.37. The van der Waals surface area contributed by atoms with Crippen LogP contribution in [-0.4, -0.2) is 59.0 Å². The molecule has 1 N–H and O–H groups in total. The molecule has 1 aromatic rings. The number of fused-ring (bicyclic) bond motifs is 2. The van der Waals surface area contributed by atoms with Gasteiger partial charge in [-0.2, -0.15) is 0 Å². The molecule has 0 saturated carbocycles. The normalized spacial score (nSPS) is 28.1. The summed E-state index contributed by atoms with van der Waals surface area (Å²) in [4.78, 5) is 26.5. The first-order valence-corrected chi connectivity index (χ1v) is 10.6. The van der Waals surface area contributed by atoms with Crippen LogP contribution in [0.5, 0.6) is 0 Å². The molecule has 0 spiro atoms. The van der Waals surface area contributed by atoms with Gasteiger partial charge in [-0.15, -0.1) is 0 Å². The summed E-state index contributed by atoms with van der Waals surface area (Å²) in [5, 5.41) is 3.67. The van der Waals surface area contributed by atoms with Crippen LogP contribution in [0.4, 0.5) is 5.82 Å². The molecule has 6 nitrogen and oxygen atoms in total. The average Bonchev–Trinajstić information content (AvgIpc) is 2.99. The zero-order chi connectivity index (χ0) is 19.0. The number of carbonyl (C=O) groups excluding carboxylic acids is 1. The highest BCUT2D eigenvalue weighted by atomic mass is 16.2. The van der Waals surface area contributed by atoms with Gasteiger partial charge >= 0.3 is 0 Å². The second-order valence-electron chi connectivity index (χ2n) is 8.93. The fourth-order valence-electron chi connectivity index (χ4n) is 4.90. The first-order chi connectivity index (χ1) is 13.0. The minimum Gasteiger partial charge on any atom is -0.353 e. The Morgan fingerprint density at radius 3 is 2.44 bits per heavy atom. The number of rotatable bonds is 4. The molecule has 27 heavy (non-hydrogen) atoms. The van der Waals surface area contributed by atoms with Gasteiger partial charge in [0.15, 0.2) is 0 Å². The number of hydrogen-bond donors (Lipinski definition) is 1. The van der Waals surface area contributed by atoms with Crippen molar-refractivity contribution >= 4 is 11.7 Å². The molecule has 0 aliphatic carbocycles. The highest BCUT2D eigenvalue weighted by Crippen LogP contribution is 2.33. The van der Waals surface area contributed by atoms with Gasteiger partial charge in [0.1, 0.15) is 11.6 Å². The summed E-state index contributed by atoms with van der Waals surface area (Å²) in [6.07, 6.45) is 5.69. The van der Waals surface area contributed by atoms with E-state index in [2.05, 4.69) is 40.0 Å². The smallest absolute Gasteiger partial charge is 0.222 e. The molecule has 3 saturated heterocycles. The van der Waals surface area contributed by atoms with Gasteiger partial charge in [-0.1, -0.05) is 13.8 Å². The maximum absolute atomic E-state index is 12.8. The summed E-state index contributed by atoms with van der Waals surface area (Å²) >= 11 is 0. The SMILES string of the molecule is Cc1cc(N2CCN(C(=O)CC3CC4CCC(C3)N4)CC2)nc(C(C)C)n1. The molecule has 0 radical (unpaired) electrons. The number of piperidine rings is 1. The lowest BCUT2D eigenvalue weighted by Crippen LogP contribution is -2.50. The van der Waals surface area contributed by atoms with Crippen molar-refractivity contribution in [2.75, 3.05) is 31.1 Å². The van der Waals surface area contributed by atoms with Gasteiger partial charge in [0, 0.05) is 62.4 Å². The molecule has 148 valence electrons. The fourth-order valence-corrected chi connectivity index (χ4v) is 4.90. The van der Waals surface area contributed by atoms with E-state index in [9.17, 15) is 4.79 Å². The van der Waals surface area contributed by atoms with E-state index in [0.717, 1.165) is 49.9 Å². The maximum atomic E-state index is 12.8. The van der Waals surface area contributed by atoms with Gasteiger partial charge in [0.05, 0.1) is 0 Å². The summed E-state index contributed by atoms with van der Waals surface area (Å²) in [5.41, 5.74) is 1.02. The number of piperazine rings is 1. The molecule has 3 aliphatic heterocycles. The average molecular weight is 372 g/mol. The van der Waals surface area contributed by atoms with E-state index >= 15 is 0 Å². The minimum atomic E-state index is 0.326. The van der Waals surface area contributed by atoms with E-state index in [0.29, 0.717) is 29.8 Å². The summed E-state index contributed by atoms with van der Waals surface area (Å²) in [5.74, 6) is 3.17. The van der Waals surface area contributed by atoms with E-state index in [1.807, 2.05) is 6.92 Å². The molecule has 4 heterocycles. The van der Waals surface area contributed by atoms with E-state index < -0.39 is 0 Å². The quantitative estimate of drug-likeness (QED) is 0.881. The third-order valence-corrected chi connectivity index (χ3v) is 6.36. The largest absolute Gasteiger partial charge is 0.353 e. The monoisotopic (exact) mass is 371 g/mol. The number of hydrogen-bond acceptors (Lipinski definition) is 5. The highest BCUT2D eigenvalue weighted by Gasteiger charge is 2.35. The van der Waals surface area contributed by atoms with E-state index in [1.165, 1.54) is 25.7 Å². The Balaban J connectivity index is 1.31. The van der Waals surface area contributed by atoms with Gasteiger partial charge in [0.2, 0.25) is 5.91 Å². The standard InChI is InChI=1S/C21H33N5O/c1-14(2)21-22-15(3)10-19(24-21)25-6-8-26(9-7-25)20(27)13-16-11-17-4-5-18(12-16)23-17/h10,14,16-18,23H,4-9,11-13H2,1-3H3. The zero-order valence-corrected chi connectivity index (χ0v) is 16.9. The number of anilines is 1. The van der Waals surface area contributed by atoms with Crippen LogP contribution in [-0.2, 0) is 4.79 Å². The van der Waals surface area contributed by atoms with Crippen LogP contribution < -0.4 is 10.2 Å². The molecular weight excluding hydrogens is 338 g/mol. The second kappa shape index (κ2) is 7.74. The Bertz CT molecular complexity index is 671. The predicted molar refractivity (Wildman–Crippen MR) is 107 cm³/mol. The molecule has 2 unspecified atom stereocenters. The Labute approximate surface area is 162 Å². The Kier molecular flexibility index (Phi) is 5.35. The van der Waals surface area contributed by atoms with E-state index in [-0.39, 0.29) is 0 Å². The Morgan fingerprint density at radius 1 is 1.15 bits per heavy atom. The summed E-state index contributed by atoms with van der Waals surface area (Å²) in [7, 11) is 0. The van der Waals surface area contributed by atoms with Crippen LogP contribution in [0.15, 0.2) is 6.07 Å². The van der Waals surface area contributed by atoms with Crippen LogP contribution in [0.3, 0.4) is 0 Å². The van der Waals surface area contributed by atoms with Crippen LogP contribution in [0, 0.1) is 12.8 Å². The van der Waals surface area contributed by atoms with Gasteiger partial charge < -0.3 is 15.1 Å². The maximum Gasteiger partial charge on any atom is 0.222 e. The van der Waals surface area contributed by atoms with E-state index in [4.69, 9.17) is 4.98 Å². The minimum absolute atomic E-state index is 0.326. The van der Waals surface area contributed by atoms with Crippen molar-refractivity contribution in [1.82, 2.24) is 20.2 Å². The van der Waals surface area contributed by atoms with Crippen molar-refractivity contribution in [1.29, 1.82) is 0 Å². The lowest BCUT2D eigenvalue weighted by atomic mass is 9.89. The fraction of sp³-hybridized carbons (Fsp3) is 0.762. The molecule has 4 rings (SSSR count). The second-order valence-corrected chi connectivity index (χ2v) is 8.93. The van der Waals surface area contributed by atoms with Crippen molar-refractivity contribution in [3.05, 3.63) is 17.6 Å². The molecule has 2 atom stereocenters. The van der Waals surface area contributed by atoms with Crippen molar-refractivity contribution in [3.8, 4) is 0 Å². The first-order valence-electron chi connectivity index (χ1n) is 10.6. The lowest BCUT2D eigenvalue weighted by molar-refractivity contribution is -0.132. The van der Waals surface area contributed by atoms with Gasteiger partial charge in [-0.3, -0.25) is 4.79 Å². The molecule has 6 heteroatoms. The highest BCUT2D eigenvalue weighted by molar-refractivity contribution is 5.76. The molecule has 1 amide bonds. The van der Waals surface area contributed by atoms with Crippen molar-refractivity contribution in [2.45, 2.75) is 70.9 Å². The summed E-state index contributed by atoms with van der Waals surface area (Å²) in [6, 6.07) is 3.39. The number of aryl methyl sites for hydroxylation is 1. The number of carbonyl (C=O) groups is 1. The predicted octanol–water partition coefficient (Wildman–Crippen LogP) is 2.48. The molecular formula is C21H33N5O. The van der Waals surface area contributed by atoms with Crippen molar-refractivity contribution < 1.29 is 4.79 Å². The van der Waals surface area contributed by atoms with Crippen LogP contribution in [0.2, 0.25) is 0 Å².